The van der Waals surface area contributed by atoms with Gasteiger partial charge < -0.3 is 10.6 Å². The molecule has 6 nitrogen and oxygen atoms in total. The molecule has 1 aliphatic heterocycles. The van der Waals surface area contributed by atoms with Gasteiger partial charge in [-0.15, -0.1) is 24.8 Å². The zero-order valence-electron chi connectivity index (χ0n) is 14.2. The minimum absolute atomic E-state index is 0. The average Bonchev–Trinajstić information content (AvgIpc) is 2.87. The molecule has 138 valence electrons. The Morgan fingerprint density at radius 1 is 1.40 bits per heavy atom. The van der Waals surface area contributed by atoms with Crippen molar-refractivity contribution < 1.29 is 4.79 Å². The SMILES string of the molecule is Cc1cc(C)n(-c2ccc(NC(=O)CC3CSCCN3)cn2)n1.Cl.Cl. The monoisotopic (exact) mass is 403 g/mol. The zero-order chi connectivity index (χ0) is 16.2. The molecule has 2 aromatic heterocycles. The molecule has 3 heterocycles. The lowest BCUT2D eigenvalue weighted by Gasteiger charge is -2.22. The van der Waals surface area contributed by atoms with E-state index in [-0.39, 0.29) is 36.8 Å². The Morgan fingerprint density at radius 3 is 2.76 bits per heavy atom. The number of anilines is 1. The highest BCUT2D eigenvalue weighted by molar-refractivity contribution is 7.99. The summed E-state index contributed by atoms with van der Waals surface area (Å²) in [5.41, 5.74) is 2.70. The lowest BCUT2D eigenvalue weighted by Crippen LogP contribution is -2.39. The molecule has 0 saturated carbocycles. The topological polar surface area (TPSA) is 71.8 Å². The molecule has 1 amide bonds. The highest BCUT2D eigenvalue weighted by Crippen LogP contribution is 2.14. The van der Waals surface area contributed by atoms with Crippen LogP contribution in [0.3, 0.4) is 0 Å². The number of nitrogens with zero attached hydrogens (tertiary/aromatic N) is 3. The van der Waals surface area contributed by atoms with Gasteiger partial charge in [-0.1, -0.05) is 0 Å². The third-order valence-corrected chi connectivity index (χ3v) is 4.82. The molecule has 0 aromatic carbocycles. The van der Waals surface area contributed by atoms with E-state index >= 15 is 0 Å². The molecule has 3 rings (SSSR count). The number of rotatable bonds is 4. The number of nitrogens with one attached hydrogen (secondary N) is 2. The smallest absolute Gasteiger partial charge is 0.226 e. The van der Waals surface area contributed by atoms with Gasteiger partial charge in [-0.25, -0.2) is 9.67 Å². The van der Waals surface area contributed by atoms with Crippen LogP contribution in [0.1, 0.15) is 17.8 Å². The second kappa shape index (κ2) is 10.0. The summed E-state index contributed by atoms with van der Waals surface area (Å²) < 4.78 is 1.80. The van der Waals surface area contributed by atoms with Gasteiger partial charge in [0.1, 0.15) is 0 Å². The third-order valence-electron chi connectivity index (χ3n) is 3.69. The van der Waals surface area contributed by atoms with Crippen LogP contribution >= 0.6 is 36.6 Å². The Kier molecular flexibility index (Phi) is 8.71. The first-order valence-corrected chi connectivity index (χ1v) is 8.88. The molecule has 0 radical (unpaired) electrons. The van der Waals surface area contributed by atoms with Gasteiger partial charge in [-0.05, 0) is 32.0 Å². The van der Waals surface area contributed by atoms with Crippen LogP contribution in [0.4, 0.5) is 5.69 Å². The minimum atomic E-state index is 0. The first-order chi connectivity index (χ1) is 11.1. The van der Waals surface area contributed by atoms with Crippen molar-refractivity contribution in [3.8, 4) is 5.82 Å². The van der Waals surface area contributed by atoms with E-state index in [1.54, 1.807) is 10.9 Å². The number of hydrogen-bond donors (Lipinski definition) is 2. The Bertz CT molecular complexity index is 686. The van der Waals surface area contributed by atoms with E-state index in [0.29, 0.717) is 12.1 Å². The fourth-order valence-electron chi connectivity index (χ4n) is 2.63. The highest BCUT2D eigenvalue weighted by Gasteiger charge is 2.16. The normalized spacial score (nSPS) is 16.5. The van der Waals surface area contributed by atoms with Gasteiger partial charge >= 0.3 is 0 Å². The maximum Gasteiger partial charge on any atom is 0.226 e. The largest absolute Gasteiger partial charge is 0.325 e. The maximum atomic E-state index is 12.1. The predicted octanol–water partition coefficient (Wildman–Crippen LogP) is 2.76. The number of carbonyl (C=O) groups excluding carboxylic acids is 1. The summed E-state index contributed by atoms with van der Waals surface area (Å²) in [7, 11) is 0. The van der Waals surface area contributed by atoms with Crippen molar-refractivity contribution in [2.24, 2.45) is 0 Å². The summed E-state index contributed by atoms with van der Waals surface area (Å²) in [4.78, 5) is 16.5. The van der Waals surface area contributed by atoms with Gasteiger partial charge in [0.15, 0.2) is 5.82 Å². The summed E-state index contributed by atoms with van der Waals surface area (Å²) in [5, 5.41) is 10.7. The average molecular weight is 404 g/mol. The molecule has 25 heavy (non-hydrogen) atoms. The van der Waals surface area contributed by atoms with Crippen LogP contribution in [0, 0.1) is 13.8 Å². The van der Waals surface area contributed by atoms with E-state index < -0.39 is 0 Å². The van der Waals surface area contributed by atoms with Crippen LogP contribution in [0.15, 0.2) is 24.4 Å². The Morgan fingerprint density at radius 2 is 2.20 bits per heavy atom. The molecule has 1 atom stereocenters. The molecular formula is C16H23Cl2N5OS. The van der Waals surface area contributed by atoms with E-state index in [4.69, 9.17) is 0 Å². The summed E-state index contributed by atoms with van der Waals surface area (Å²) in [6.45, 7) is 4.92. The van der Waals surface area contributed by atoms with Gasteiger partial charge in [-0.3, -0.25) is 4.79 Å². The lowest BCUT2D eigenvalue weighted by atomic mass is 10.2. The predicted molar refractivity (Wildman–Crippen MR) is 108 cm³/mol. The van der Waals surface area contributed by atoms with Gasteiger partial charge in [0.25, 0.3) is 0 Å². The van der Waals surface area contributed by atoms with E-state index in [1.165, 1.54) is 0 Å². The zero-order valence-corrected chi connectivity index (χ0v) is 16.6. The standard InChI is InChI=1S/C16H21N5OS.2ClH/c1-11-7-12(2)21(20-11)15-4-3-13(9-18-15)19-16(22)8-14-10-23-6-5-17-14;;/h3-4,7,9,14,17H,5-6,8,10H2,1-2H3,(H,19,22);2*1H. The van der Waals surface area contributed by atoms with Crippen molar-refractivity contribution in [1.29, 1.82) is 0 Å². The summed E-state index contributed by atoms with van der Waals surface area (Å²) >= 11 is 1.89. The lowest BCUT2D eigenvalue weighted by molar-refractivity contribution is -0.116. The molecule has 1 aliphatic rings. The summed E-state index contributed by atoms with van der Waals surface area (Å²) in [5.74, 6) is 2.88. The van der Waals surface area contributed by atoms with Crippen LogP contribution in [-0.4, -0.2) is 44.8 Å². The molecule has 1 unspecified atom stereocenters. The van der Waals surface area contributed by atoms with Crippen molar-refractivity contribution >= 4 is 48.2 Å². The Hall–Kier alpha value is -1.28. The van der Waals surface area contributed by atoms with Gasteiger partial charge in [0.05, 0.1) is 17.6 Å². The molecule has 2 aromatic rings. The fourth-order valence-corrected chi connectivity index (χ4v) is 3.58. The Balaban J connectivity index is 0.00000156. The molecule has 9 heteroatoms. The van der Waals surface area contributed by atoms with Crippen molar-refractivity contribution in [3.05, 3.63) is 35.8 Å². The van der Waals surface area contributed by atoms with E-state index in [0.717, 1.165) is 35.3 Å². The van der Waals surface area contributed by atoms with E-state index in [9.17, 15) is 4.79 Å². The van der Waals surface area contributed by atoms with Crippen LogP contribution in [0.2, 0.25) is 0 Å². The Labute approximate surface area is 164 Å². The van der Waals surface area contributed by atoms with Crippen molar-refractivity contribution in [1.82, 2.24) is 20.1 Å². The number of halogens is 2. The van der Waals surface area contributed by atoms with Crippen LogP contribution in [0.25, 0.3) is 5.82 Å². The van der Waals surface area contributed by atoms with Crippen LogP contribution < -0.4 is 10.6 Å². The van der Waals surface area contributed by atoms with Gasteiger partial charge in [0, 0.05) is 36.2 Å². The number of thioether (sulfide) groups is 1. The molecule has 0 bridgehead atoms. The third kappa shape index (κ3) is 5.88. The van der Waals surface area contributed by atoms with Crippen LogP contribution in [0.5, 0.6) is 0 Å². The summed E-state index contributed by atoms with van der Waals surface area (Å²) in [6, 6.07) is 5.99. The second-order valence-electron chi connectivity index (χ2n) is 5.72. The van der Waals surface area contributed by atoms with E-state index in [1.807, 2.05) is 43.8 Å². The van der Waals surface area contributed by atoms with Gasteiger partial charge in [-0.2, -0.15) is 16.9 Å². The molecular weight excluding hydrogens is 381 g/mol. The van der Waals surface area contributed by atoms with Gasteiger partial charge in [0.2, 0.25) is 5.91 Å². The van der Waals surface area contributed by atoms with Crippen molar-refractivity contribution in [2.75, 3.05) is 23.4 Å². The number of aromatic nitrogens is 3. The molecule has 1 fully saturated rings. The van der Waals surface area contributed by atoms with Crippen molar-refractivity contribution in [3.63, 3.8) is 0 Å². The first kappa shape index (κ1) is 21.8. The number of carbonyl (C=O) groups is 1. The quantitative estimate of drug-likeness (QED) is 0.820. The fraction of sp³-hybridized carbons (Fsp3) is 0.438. The highest BCUT2D eigenvalue weighted by atomic mass is 35.5. The maximum absolute atomic E-state index is 12.1. The summed E-state index contributed by atoms with van der Waals surface area (Å²) in [6.07, 6.45) is 2.17. The van der Waals surface area contributed by atoms with Crippen LogP contribution in [-0.2, 0) is 4.79 Å². The second-order valence-corrected chi connectivity index (χ2v) is 6.87. The van der Waals surface area contributed by atoms with Crippen molar-refractivity contribution in [2.45, 2.75) is 26.3 Å². The number of pyridine rings is 1. The molecule has 1 saturated heterocycles. The number of aryl methyl sites for hydroxylation is 2. The molecule has 2 N–H and O–H groups in total. The number of amides is 1. The first-order valence-electron chi connectivity index (χ1n) is 7.72. The minimum Gasteiger partial charge on any atom is -0.325 e. The molecule has 0 spiro atoms. The molecule has 0 aliphatic carbocycles. The van der Waals surface area contributed by atoms with E-state index in [2.05, 4.69) is 20.7 Å². The number of hydrogen-bond acceptors (Lipinski definition) is 5.